The fraction of sp³-hybridized carbons (Fsp3) is 0.571. The van der Waals surface area contributed by atoms with Crippen LogP contribution in [0.4, 0.5) is 0 Å². The molecule has 0 aromatic rings. The van der Waals surface area contributed by atoms with Crippen LogP contribution in [0, 0.1) is 10.1 Å². The average Bonchev–Trinajstić information content (AvgIpc) is 1.99. The van der Waals surface area contributed by atoms with Crippen molar-refractivity contribution in [1.82, 2.24) is 4.90 Å². The molecule has 0 fully saturated rings. The number of nitrogens with zero attached hydrogens (tertiary/aromatic N) is 2. The second-order valence-corrected chi connectivity index (χ2v) is 2.46. The Balaban J connectivity index is 4.61. The molecule has 0 radical (unpaired) electrons. The van der Waals surface area contributed by atoms with Gasteiger partial charge in [0.05, 0.1) is 17.7 Å². The van der Waals surface area contributed by atoms with Crippen molar-refractivity contribution in [1.29, 1.82) is 0 Å². The smallest absolute Gasteiger partial charge is 0.411 e. The molecule has 6 heteroatoms. The van der Waals surface area contributed by atoms with Crippen LogP contribution in [-0.4, -0.2) is 36.5 Å². The van der Waals surface area contributed by atoms with Crippen molar-refractivity contribution >= 4 is 5.97 Å². The van der Waals surface area contributed by atoms with Crippen LogP contribution in [0.25, 0.3) is 0 Å². The summed E-state index contributed by atoms with van der Waals surface area (Å²) in [7, 11) is 3.17. The van der Waals surface area contributed by atoms with Gasteiger partial charge in [-0.2, -0.15) is 0 Å². The predicted molar refractivity (Wildman–Crippen MR) is 45.4 cm³/mol. The molecule has 0 saturated carbocycles. The third-order valence-electron chi connectivity index (χ3n) is 1.06. The van der Waals surface area contributed by atoms with Gasteiger partial charge in [-0.3, -0.25) is 10.1 Å². The lowest BCUT2D eigenvalue weighted by Crippen LogP contribution is -2.18. The van der Waals surface area contributed by atoms with E-state index in [1.165, 1.54) is 4.90 Å². The van der Waals surface area contributed by atoms with E-state index in [4.69, 9.17) is 0 Å². The molecule has 0 N–H and O–H groups in total. The van der Waals surface area contributed by atoms with E-state index in [-0.39, 0.29) is 6.61 Å². The fourth-order valence-electron chi connectivity index (χ4n) is 0.624. The van der Waals surface area contributed by atoms with Gasteiger partial charge in [-0.25, -0.2) is 4.79 Å². The van der Waals surface area contributed by atoms with Gasteiger partial charge in [0.2, 0.25) is 0 Å². The van der Waals surface area contributed by atoms with Crippen LogP contribution >= 0.6 is 0 Å². The number of ether oxygens (including phenoxy) is 1. The first-order chi connectivity index (χ1) is 5.99. The summed E-state index contributed by atoms with van der Waals surface area (Å²) in [6.07, 6.45) is 1.11. The van der Waals surface area contributed by atoms with Crippen molar-refractivity contribution in [3.63, 3.8) is 0 Å². The summed E-state index contributed by atoms with van der Waals surface area (Å²) < 4.78 is 4.49. The first kappa shape index (κ1) is 11.4. The van der Waals surface area contributed by atoms with Gasteiger partial charge in [-0.1, -0.05) is 0 Å². The Hall–Kier alpha value is -1.59. The number of carbonyl (C=O) groups is 1. The van der Waals surface area contributed by atoms with E-state index < -0.39 is 16.6 Å². The molecule has 0 heterocycles. The number of carbonyl (C=O) groups excluding carboxylic acids is 1. The van der Waals surface area contributed by atoms with Crippen LogP contribution in [0.1, 0.15) is 6.92 Å². The van der Waals surface area contributed by atoms with Crippen molar-refractivity contribution in [2.75, 3.05) is 20.7 Å². The molecular formula is C7H12N2O4. The third kappa shape index (κ3) is 4.09. The highest BCUT2D eigenvalue weighted by atomic mass is 16.6. The standard InChI is InChI=1S/C7H12N2O4/c1-4-13-7(10)6(9(11)12)5-8(2)3/h5H,4H2,1-3H3/b6-5-. The quantitative estimate of drug-likeness (QED) is 0.273. The van der Waals surface area contributed by atoms with Crippen molar-refractivity contribution in [2.45, 2.75) is 6.92 Å². The summed E-state index contributed by atoms with van der Waals surface area (Å²) in [5.74, 6) is -0.916. The Bertz CT molecular complexity index is 235. The van der Waals surface area contributed by atoms with E-state index in [1.807, 2.05) is 0 Å². The number of rotatable bonds is 4. The van der Waals surface area contributed by atoms with E-state index in [9.17, 15) is 14.9 Å². The first-order valence-electron chi connectivity index (χ1n) is 3.68. The second kappa shape index (κ2) is 5.13. The zero-order valence-electron chi connectivity index (χ0n) is 7.81. The Morgan fingerprint density at radius 1 is 1.62 bits per heavy atom. The fourth-order valence-corrected chi connectivity index (χ4v) is 0.624. The molecule has 74 valence electrons. The summed E-state index contributed by atoms with van der Waals surface area (Å²) >= 11 is 0. The molecule has 0 atom stereocenters. The summed E-state index contributed by atoms with van der Waals surface area (Å²) in [5, 5.41) is 10.4. The minimum absolute atomic E-state index is 0.122. The SMILES string of the molecule is CCOC(=O)/C(=C/N(C)C)[N+](=O)[O-]. The normalized spacial score (nSPS) is 10.8. The van der Waals surface area contributed by atoms with Gasteiger partial charge in [-0.15, -0.1) is 0 Å². The van der Waals surface area contributed by atoms with Gasteiger partial charge in [-0.05, 0) is 6.92 Å². The van der Waals surface area contributed by atoms with Crippen molar-refractivity contribution < 1.29 is 14.5 Å². The van der Waals surface area contributed by atoms with Crippen LogP contribution in [0.5, 0.6) is 0 Å². The Labute approximate surface area is 75.9 Å². The van der Waals surface area contributed by atoms with Gasteiger partial charge >= 0.3 is 11.7 Å². The Morgan fingerprint density at radius 2 is 2.15 bits per heavy atom. The van der Waals surface area contributed by atoms with Gasteiger partial charge < -0.3 is 9.64 Å². The summed E-state index contributed by atoms with van der Waals surface area (Å²) in [6.45, 7) is 1.71. The van der Waals surface area contributed by atoms with E-state index in [0.717, 1.165) is 6.20 Å². The zero-order chi connectivity index (χ0) is 10.4. The lowest BCUT2D eigenvalue weighted by Gasteiger charge is -2.04. The maximum Gasteiger partial charge on any atom is 0.411 e. The Morgan fingerprint density at radius 3 is 2.46 bits per heavy atom. The monoisotopic (exact) mass is 188 g/mol. The van der Waals surface area contributed by atoms with Crippen molar-refractivity contribution in [3.8, 4) is 0 Å². The van der Waals surface area contributed by atoms with E-state index in [0.29, 0.717) is 0 Å². The molecule has 0 unspecified atom stereocenters. The number of hydrogen-bond acceptors (Lipinski definition) is 5. The second-order valence-electron chi connectivity index (χ2n) is 2.46. The minimum atomic E-state index is -0.916. The molecule has 0 spiro atoms. The summed E-state index contributed by atoms with van der Waals surface area (Å²) in [5.41, 5.74) is -0.563. The van der Waals surface area contributed by atoms with Gasteiger partial charge in [0.1, 0.15) is 0 Å². The highest BCUT2D eigenvalue weighted by molar-refractivity contribution is 5.85. The van der Waals surface area contributed by atoms with Gasteiger partial charge in [0, 0.05) is 14.1 Å². The zero-order valence-corrected chi connectivity index (χ0v) is 7.81. The van der Waals surface area contributed by atoms with E-state index >= 15 is 0 Å². The lowest BCUT2D eigenvalue weighted by atomic mass is 10.5. The topological polar surface area (TPSA) is 72.7 Å². The highest BCUT2D eigenvalue weighted by Crippen LogP contribution is 1.99. The van der Waals surface area contributed by atoms with Crippen LogP contribution in [-0.2, 0) is 9.53 Å². The molecule has 0 bridgehead atoms. The predicted octanol–water partition coefficient (Wildman–Crippen LogP) is 0.229. The minimum Gasteiger partial charge on any atom is -0.458 e. The largest absolute Gasteiger partial charge is 0.458 e. The third-order valence-corrected chi connectivity index (χ3v) is 1.06. The van der Waals surface area contributed by atoms with Crippen molar-refractivity contribution in [3.05, 3.63) is 22.0 Å². The summed E-state index contributed by atoms with van der Waals surface area (Å²) in [6, 6.07) is 0. The van der Waals surface area contributed by atoms with Gasteiger partial charge in [0.15, 0.2) is 0 Å². The molecule has 13 heavy (non-hydrogen) atoms. The first-order valence-corrected chi connectivity index (χ1v) is 3.68. The van der Waals surface area contributed by atoms with Gasteiger partial charge in [0.25, 0.3) is 0 Å². The molecular weight excluding hydrogens is 176 g/mol. The molecule has 0 saturated heterocycles. The molecule has 0 aromatic carbocycles. The molecule has 0 aliphatic heterocycles. The van der Waals surface area contributed by atoms with Crippen molar-refractivity contribution in [2.24, 2.45) is 0 Å². The maximum atomic E-state index is 11.0. The molecule has 0 aromatic heterocycles. The van der Waals surface area contributed by atoms with E-state index in [2.05, 4.69) is 4.74 Å². The molecule has 0 aliphatic carbocycles. The van der Waals surface area contributed by atoms with Crippen LogP contribution in [0.2, 0.25) is 0 Å². The number of hydrogen-bond donors (Lipinski definition) is 0. The lowest BCUT2D eigenvalue weighted by molar-refractivity contribution is -0.422. The van der Waals surface area contributed by atoms with E-state index in [1.54, 1.807) is 21.0 Å². The number of nitro groups is 1. The average molecular weight is 188 g/mol. The highest BCUT2D eigenvalue weighted by Gasteiger charge is 2.23. The van der Waals surface area contributed by atoms with Crippen LogP contribution < -0.4 is 0 Å². The maximum absolute atomic E-state index is 11.0. The molecule has 0 amide bonds. The molecule has 0 rings (SSSR count). The van der Waals surface area contributed by atoms with Crippen LogP contribution in [0.15, 0.2) is 11.9 Å². The number of esters is 1. The Kier molecular flexibility index (Phi) is 4.50. The molecule has 6 nitrogen and oxygen atoms in total. The van der Waals surface area contributed by atoms with Crippen LogP contribution in [0.3, 0.4) is 0 Å². The summed E-state index contributed by atoms with van der Waals surface area (Å²) in [4.78, 5) is 22.0. The molecule has 0 aliphatic rings.